The molecule has 0 N–H and O–H groups in total. The lowest BCUT2D eigenvalue weighted by Crippen LogP contribution is -2.42. The number of anilines is 1. The number of nitrogens with zero attached hydrogens (tertiary/aromatic N) is 2. The fourth-order valence-electron chi connectivity index (χ4n) is 4.88. The molecular weight excluding hydrogens is 420 g/mol. The van der Waals surface area contributed by atoms with E-state index in [1.165, 1.54) is 4.90 Å². The summed E-state index contributed by atoms with van der Waals surface area (Å²) >= 11 is 6.09. The molecule has 0 aromatic heterocycles. The van der Waals surface area contributed by atoms with Gasteiger partial charge in [-0.2, -0.15) is 0 Å². The Kier molecular flexibility index (Phi) is 5.93. The second-order valence-electron chi connectivity index (χ2n) is 10.3. The zero-order chi connectivity index (χ0) is 23.2. The number of benzene rings is 2. The third-order valence-electron chi connectivity index (χ3n) is 6.37. The second kappa shape index (κ2) is 8.40. The first-order chi connectivity index (χ1) is 15.1. The summed E-state index contributed by atoms with van der Waals surface area (Å²) in [7, 11) is 0. The summed E-state index contributed by atoms with van der Waals surface area (Å²) in [6, 6.07) is 14.9. The Morgan fingerprint density at radius 1 is 0.844 bits per heavy atom. The van der Waals surface area contributed by atoms with Crippen molar-refractivity contribution >= 4 is 34.7 Å². The Hall–Kier alpha value is -2.59. The minimum Gasteiger partial charge on any atom is -0.366 e. The number of halogens is 1. The number of imide groups is 1. The first-order valence-electron chi connectivity index (χ1n) is 11.3. The maximum Gasteiger partial charge on any atom is 0.282 e. The highest BCUT2D eigenvalue weighted by atomic mass is 35.5. The van der Waals surface area contributed by atoms with Gasteiger partial charge in [-0.05, 0) is 59.1 Å². The van der Waals surface area contributed by atoms with Crippen LogP contribution in [0.1, 0.15) is 52.2 Å². The summed E-state index contributed by atoms with van der Waals surface area (Å²) in [5.41, 5.74) is 3.46. The van der Waals surface area contributed by atoms with E-state index in [1.807, 2.05) is 36.4 Å². The molecule has 2 aliphatic rings. The lowest BCUT2D eigenvalue weighted by Gasteiger charge is -2.37. The van der Waals surface area contributed by atoms with E-state index in [0.717, 1.165) is 30.6 Å². The van der Waals surface area contributed by atoms with Crippen LogP contribution in [-0.4, -0.2) is 29.8 Å². The molecule has 0 spiro atoms. The van der Waals surface area contributed by atoms with Crippen molar-refractivity contribution in [3.63, 3.8) is 0 Å². The van der Waals surface area contributed by atoms with Crippen LogP contribution in [0.5, 0.6) is 0 Å². The number of likely N-dealkylation sites (tertiary alicyclic amines) is 1. The molecule has 168 valence electrons. The smallest absolute Gasteiger partial charge is 0.282 e. The third kappa shape index (κ3) is 4.21. The highest BCUT2D eigenvalue weighted by molar-refractivity contribution is 6.45. The van der Waals surface area contributed by atoms with Gasteiger partial charge in [0, 0.05) is 18.1 Å². The van der Waals surface area contributed by atoms with Crippen LogP contribution in [0.15, 0.2) is 54.2 Å². The standard InChI is InChI=1S/C27H31ClN2O2/c1-17-14-18(2)16-29(15-17)24-23(19-6-10-21(28)11-7-19)25(31)30(26(24)32)22-12-8-20(9-13-22)27(3,4)5/h6-13,17-18H,14-16H2,1-5H3. The second-order valence-corrected chi connectivity index (χ2v) is 10.8. The maximum atomic E-state index is 13.7. The molecule has 2 atom stereocenters. The highest BCUT2D eigenvalue weighted by Crippen LogP contribution is 2.38. The van der Waals surface area contributed by atoms with Gasteiger partial charge < -0.3 is 4.90 Å². The molecule has 2 amide bonds. The Morgan fingerprint density at radius 2 is 1.41 bits per heavy atom. The monoisotopic (exact) mass is 450 g/mol. The van der Waals surface area contributed by atoms with E-state index in [4.69, 9.17) is 11.6 Å². The molecule has 0 saturated carbocycles. The summed E-state index contributed by atoms with van der Waals surface area (Å²) < 4.78 is 0. The first-order valence-corrected chi connectivity index (χ1v) is 11.7. The van der Waals surface area contributed by atoms with Gasteiger partial charge >= 0.3 is 0 Å². The van der Waals surface area contributed by atoms with Crippen molar-refractivity contribution in [2.75, 3.05) is 18.0 Å². The zero-order valence-corrected chi connectivity index (χ0v) is 20.2. The third-order valence-corrected chi connectivity index (χ3v) is 6.62. The Balaban J connectivity index is 1.78. The fraction of sp³-hybridized carbons (Fsp3) is 0.407. The summed E-state index contributed by atoms with van der Waals surface area (Å²) in [5.74, 6) is 0.396. The van der Waals surface area contributed by atoms with Gasteiger partial charge in [-0.15, -0.1) is 0 Å². The Bertz CT molecular complexity index is 1050. The van der Waals surface area contributed by atoms with Crippen molar-refractivity contribution in [1.29, 1.82) is 0 Å². The van der Waals surface area contributed by atoms with Crippen LogP contribution in [-0.2, 0) is 15.0 Å². The van der Waals surface area contributed by atoms with Crippen LogP contribution in [0, 0.1) is 11.8 Å². The van der Waals surface area contributed by atoms with E-state index < -0.39 is 0 Å². The van der Waals surface area contributed by atoms with Gasteiger partial charge in [0.15, 0.2) is 0 Å². The Labute approximate surface area is 195 Å². The molecule has 1 fully saturated rings. The molecule has 2 aromatic carbocycles. The molecule has 2 heterocycles. The molecule has 32 heavy (non-hydrogen) atoms. The number of piperidine rings is 1. The molecule has 4 nitrogen and oxygen atoms in total. The van der Waals surface area contributed by atoms with Crippen LogP contribution < -0.4 is 4.90 Å². The number of amides is 2. The quantitative estimate of drug-likeness (QED) is 0.546. The van der Waals surface area contributed by atoms with Gasteiger partial charge in [-0.25, -0.2) is 4.90 Å². The van der Waals surface area contributed by atoms with E-state index in [0.29, 0.717) is 33.8 Å². The summed E-state index contributed by atoms with van der Waals surface area (Å²) in [5, 5.41) is 0.600. The average molecular weight is 451 g/mol. The molecule has 0 radical (unpaired) electrons. The first kappa shape index (κ1) is 22.6. The predicted octanol–water partition coefficient (Wildman–Crippen LogP) is 5.90. The van der Waals surface area contributed by atoms with Crippen molar-refractivity contribution in [3.05, 3.63) is 70.4 Å². The molecule has 1 saturated heterocycles. The Morgan fingerprint density at radius 3 is 1.94 bits per heavy atom. The van der Waals surface area contributed by atoms with Crippen LogP contribution in [0.3, 0.4) is 0 Å². The zero-order valence-electron chi connectivity index (χ0n) is 19.5. The van der Waals surface area contributed by atoms with Crippen molar-refractivity contribution in [1.82, 2.24) is 4.90 Å². The van der Waals surface area contributed by atoms with Gasteiger partial charge in [0.25, 0.3) is 11.8 Å². The molecule has 2 unspecified atom stereocenters. The molecule has 0 bridgehead atoms. The van der Waals surface area contributed by atoms with Gasteiger partial charge in [0.1, 0.15) is 5.70 Å². The van der Waals surface area contributed by atoms with Crippen LogP contribution >= 0.6 is 11.6 Å². The molecule has 2 aliphatic heterocycles. The van der Waals surface area contributed by atoms with Gasteiger partial charge in [-0.1, -0.05) is 70.5 Å². The molecule has 0 aliphatic carbocycles. The largest absolute Gasteiger partial charge is 0.366 e. The lowest BCUT2D eigenvalue weighted by atomic mass is 9.87. The summed E-state index contributed by atoms with van der Waals surface area (Å²) in [4.78, 5) is 30.9. The molecule has 2 aromatic rings. The predicted molar refractivity (Wildman–Crippen MR) is 131 cm³/mol. The number of hydrogen-bond donors (Lipinski definition) is 0. The fourth-order valence-corrected chi connectivity index (χ4v) is 5.00. The summed E-state index contributed by atoms with van der Waals surface area (Å²) in [6.07, 6.45) is 1.13. The van der Waals surface area contributed by atoms with E-state index in [-0.39, 0.29) is 17.2 Å². The van der Waals surface area contributed by atoms with Crippen molar-refractivity contribution in [2.45, 2.75) is 46.5 Å². The molecular formula is C27H31ClN2O2. The number of rotatable bonds is 3. The molecule has 5 heteroatoms. The van der Waals surface area contributed by atoms with E-state index in [9.17, 15) is 9.59 Å². The van der Waals surface area contributed by atoms with Crippen LogP contribution in [0.25, 0.3) is 5.57 Å². The number of carbonyl (C=O) groups excluding carboxylic acids is 2. The lowest BCUT2D eigenvalue weighted by molar-refractivity contribution is -0.120. The minimum absolute atomic E-state index is 0.00445. The van der Waals surface area contributed by atoms with Crippen molar-refractivity contribution in [2.24, 2.45) is 11.8 Å². The number of carbonyl (C=O) groups is 2. The van der Waals surface area contributed by atoms with E-state index in [1.54, 1.807) is 12.1 Å². The van der Waals surface area contributed by atoms with Crippen molar-refractivity contribution < 1.29 is 9.59 Å². The summed E-state index contributed by atoms with van der Waals surface area (Å²) in [6.45, 7) is 12.4. The maximum absolute atomic E-state index is 13.7. The SMILES string of the molecule is CC1CC(C)CN(C2=C(c3ccc(Cl)cc3)C(=O)N(c3ccc(C(C)(C)C)cc3)C2=O)C1. The molecule has 4 rings (SSSR count). The topological polar surface area (TPSA) is 40.6 Å². The van der Waals surface area contributed by atoms with Crippen LogP contribution in [0.4, 0.5) is 5.69 Å². The van der Waals surface area contributed by atoms with E-state index >= 15 is 0 Å². The van der Waals surface area contributed by atoms with Gasteiger partial charge in [0.05, 0.1) is 11.3 Å². The van der Waals surface area contributed by atoms with Crippen LogP contribution in [0.2, 0.25) is 5.02 Å². The number of hydrogen-bond acceptors (Lipinski definition) is 3. The highest BCUT2D eigenvalue weighted by Gasteiger charge is 2.43. The van der Waals surface area contributed by atoms with E-state index in [2.05, 4.69) is 39.5 Å². The van der Waals surface area contributed by atoms with Crippen molar-refractivity contribution in [3.8, 4) is 0 Å². The minimum atomic E-state index is -0.276. The van der Waals surface area contributed by atoms with Gasteiger partial charge in [-0.3, -0.25) is 9.59 Å². The van der Waals surface area contributed by atoms with Gasteiger partial charge in [0.2, 0.25) is 0 Å². The average Bonchev–Trinajstić information content (AvgIpc) is 2.97. The normalized spacial score (nSPS) is 22.2.